The zero-order chi connectivity index (χ0) is 24.2. The number of piperazine rings is 1. The summed E-state index contributed by atoms with van der Waals surface area (Å²) < 4.78 is 5.14. The number of amides is 2. The molecule has 4 heterocycles. The zero-order valence-corrected chi connectivity index (χ0v) is 20.2. The SMILES string of the molecule is CCOC(=O)c1c(C)[nH]c(C(=O)N2CCCC(C(=O)N3CCN(c4ccccn4)CC3)C2)c1C. The number of anilines is 1. The number of ether oxygens (including phenoxy) is 1. The van der Waals surface area contributed by atoms with Crippen LogP contribution in [0.15, 0.2) is 24.4 Å². The number of rotatable bonds is 5. The number of aromatic nitrogens is 2. The van der Waals surface area contributed by atoms with Crippen molar-refractivity contribution in [2.24, 2.45) is 5.92 Å². The van der Waals surface area contributed by atoms with Gasteiger partial charge in [-0.2, -0.15) is 0 Å². The minimum Gasteiger partial charge on any atom is -0.462 e. The summed E-state index contributed by atoms with van der Waals surface area (Å²) in [4.78, 5) is 52.2. The van der Waals surface area contributed by atoms with E-state index in [0.29, 0.717) is 48.7 Å². The summed E-state index contributed by atoms with van der Waals surface area (Å²) in [7, 11) is 0. The van der Waals surface area contributed by atoms with Crippen LogP contribution < -0.4 is 4.90 Å². The molecule has 0 spiro atoms. The Labute approximate surface area is 200 Å². The van der Waals surface area contributed by atoms with Gasteiger partial charge in [0.2, 0.25) is 5.91 Å². The zero-order valence-electron chi connectivity index (χ0n) is 20.2. The largest absolute Gasteiger partial charge is 0.462 e. The highest BCUT2D eigenvalue weighted by molar-refractivity contribution is 6.00. The van der Waals surface area contributed by atoms with Gasteiger partial charge in [-0.05, 0) is 51.3 Å². The number of pyridine rings is 1. The molecule has 0 aliphatic carbocycles. The van der Waals surface area contributed by atoms with E-state index in [1.165, 1.54) is 0 Å². The second-order valence-corrected chi connectivity index (χ2v) is 8.94. The molecule has 9 heteroatoms. The Kier molecular flexibility index (Phi) is 7.19. The number of nitrogens with one attached hydrogen (secondary N) is 1. The summed E-state index contributed by atoms with van der Waals surface area (Å²) in [6, 6.07) is 5.85. The number of H-pyrrole nitrogens is 1. The van der Waals surface area contributed by atoms with Crippen LogP contribution in [0, 0.1) is 19.8 Å². The number of esters is 1. The Bertz CT molecular complexity index is 1040. The number of hydrogen-bond acceptors (Lipinski definition) is 6. The lowest BCUT2D eigenvalue weighted by Gasteiger charge is -2.39. The fourth-order valence-corrected chi connectivity index (χ4v) is 4.95. The van der Waals surface area contributed by atoms with Crippen LogP contribution in [0.3, 0.4) is 0 Å². The van der Waals surface area contributed by atoms with Crippen LogP contribution in [-0.2, 0) is 9.53 Å². The van der Waals surface area contributed by atoms with Gasteiger partial charge < -0.3 is 24.4 Å². The van der Waals surface area contributed by atoms with Gasteiger partial charge in [0.25, 0.3) is 5.91 Å². The third-order valence-electron chi connectivity index (χ3n) is 6.75. The van der Waals surface area contributed by atoms with Crippen molar-refractivity contribution in [2.75, 3.05) is 50.8 Å². The van der Waals surface area contributed by atoms with Crippen LogP contribution in [0.5, 0.6) is 0 Å². The molecule has 9 nitrogen and oxygen atoms in total. The van der Waals surface area contributed by atoms with Gasteiger partial charge in [-0.1, -0.05) is 6.07 Å². The smallest absolute Gasteiger partial charge is 0.340 e. The molecule has 2 saturated heterocycles. The van der Waals surface area contributed by atoms with Crippen LogP contribution >= 0.6 is 0 Å². The molecule has 4 rings (SSSR count). The number of aromatic amines is 1. The number of likely N-dealkylation sites (tertiary alicyclic amines) is 1. The van der Waals surface area contributed by atoms with E-state index in [2.05, 4.69) is 14.9 Å². The van der Waals surface area contributed by atoms with Gasteiger partial charge in [-0.25, -0.2) is 9.78 Å². The monoisotopic (exact) mass is 467 g/mol. The normalized spacial score (nSPS) is 18.7. The fourth-order valence-electron chi connectivity index (χ4n) is 4.95. The van der Waals surface area contributed by atoms with Gasteiger partial charge in [-0.3, -0.25) is 9.59 Å². The van der Waals surface area contributed by atoms with Crippen LogP contribution in [0.1, 0.15) is 51.9 Å². The summed E-state index contributed by atoms with van der Waals surface area (Å²) in [5.41, 5.74) is 2.04. The molecule has 2 aromatic rings. The molecule has 0 radical (unpaired) electrons. The maximum absolute atomic E-state index is 13.3. The molecule has 2 amide bonds. The van der Waals surface area contributed by atoms with Gasteiger partial charge in [0.15, 0.2) is 0 Å². The highest BCUT2D eigenvalue weighted by Gasteiger charge is 2.34. The molecular formula is C25H33N5O4. The lowest BCUT2D eigenvalue weighted by Crippen LogP contribution is -2.53. The van der Waals surface area contributed by atoms with Crippen molar-refractivity contribution >= 4 is 23.6 Å². The first-order valence-electron chi connectivity index (χ1n) is 12.0. The maximum atomic E-state index is 13.3. The van der Waals surface area contributed by atoms with Gasteiger partial charge in [-0.15, -0.1) is 0 Å². The predicted molar refractivity (Wildman–Crippen MR) is 128 cm³/mol. The van der Waals surface area contributed by atoms with Crippen LogP contribution in [0.2, 0.25) is 0 Å². The number of nitrogens with zero attached hydrogens (tertiary/aromatic N) is 4. The Morgan fingerprint density at radius 2 is 1.85 bits per heavy atom. The van der Waals surface area contributed by atoms with Gasteiger partial charge in [0, 0.05) is 51.2 Å². The Hall–Kier alpha value is -3.36. The van der Waals surface area contributed by atoms with Crippen molar-refractivity contribution < 1.29 is 19.1 Å². The molecule has 1 N–H and O–H groups in total. The topological polar surface area (TPSA) is 98.8 Å². The van der Waals surface area contributed by atoms with Gasteiger partial charge >= 0.3 is 5.97 Å². The Morgan fingerprint density at radius 1 is 1.09 bits per heavy atom. The van der Waals surface area contributed by atoms with E-state index in [1.807, 2.05) is 23.1 Å². The lowest BCUT2D eigenvalue weighted by atomic mass is 9.95. The number of hydrogen-bond donors (Lipinski definition) is 1. The summed E-state index contributed by atoms with van der Waals surface area (Å²) in [6.07, 6.45) is 3.34. The second kappa shape index (κ2) is 10.3. The molecule has 34 heavy (non-hydrogen) atoms. The van der Waals surface area contributed by atoms with E-state index in [-0.39, 0.29) is 24.3 Å². The molecule has 1 atom stereocenters. The van der Waals surface area contributed by atoms with Crippen molar-refractivity contribution in [3.05, 3.63) is 46.9 Å². The third-order valence-corrected chi connectivity index (χ3v) is 6.75. The average Bonchev–Trinajstić information content (AvgIpc) is 3.17. The highest BCUT2D eigenvalue weighted by atomic mass is 16.5. The number of carbonyl (C=O) groups is 3. The molecule has 0 bridgehead atoms. The van der Waals surface area contributed by atoms with Crippen LogP contribution in [0.25, 0.3) is 0 Å². The van der Waals surface area contributed by atoms with E-state index >= 15 is 0 Å². The van der Waals surface area contributed by atoms with Crippen LogP contribution in [0.4, 0.5) is 5.82 Å². The molecule has 2 aliphatic rings. The van der Waals surface area contributed by atoms with Crippen molar-refractivity contribution in [2.45, 2.75) is 33.6 Å². The summed E-state index contributed by atoms with van der Waals surface area (Å²) in [5, 5.41) is 0. The fraction of sp³-hybridized carbons (Fsp3) is 0.520. The summed E-state index contributed by atoms with van der Waals surface area (Å²) >= 11 is 0. The van der Waals surface area contributed by atoms with Crippen molar-refractivity contribution in [1.29, 1.82) is 0 Å². The number of piperidine rings is 1. The second-order valence-electron chi connectivity index (χ2n) is 8.94. The van der Waals surface area contributed by atoms with Crippen molar-refractivity contribution in [3.8, 4) is 0 Å². The molecule has 0 saturated carbocycles. The van der Waals surface area contributed by atoms with E-state index in [1.54, 1.807) is 31.9 Å². The molecule has 2 aliphatic heterocycles. The molecule has 0 aromatic carbocycles. The lowest BCUT2D eigenvalue weighted by molar-refractivity contribution is -0.137. The van der Waals surface area contributed by atoms with E-state index < -0.39 is 5.97 Å². The quantitative estimate of drug-likeness (QED) is 0.678. The minimum atomic E-state index is -0.427. The van der Waals surface area contributed by atoms with Gasteiger partial charge in [0.1, 0.15) is 11.5 Å². The van der Waals surface area contributed by atoms with Crippen molar-refractivity contribution in [1.82, 2.24) is 19.8 Å². The summed E-state index contributed by atoms with van der Waals surface area (Å²) in [5.74, 6) is 0.241. The maximum Gasteiger partial charge on any atom is 0.340 e. The van der Waals surface area contributed by atoms with E-state index in [4.69, 9.17) is 4.74 Å². The number of carbonyl (C=O) groups excluding carboxylic acids is 3. The first-order chi connectivity index (χ1) is 16.4. The van der Waals surface area contributed by atoms with Gasteiger partial charge in [0.05, 0.1) is 18.1 Å². The Morgan fingerprint density at radius 3 is 2.53 bits per heavy atom. The molecular weight excluding hydrogens is 434 g/mol. The predicted octanol–water partition coefficient (Wildman–Crippen LogP) is 2.40. The standard InChI is InChI=1S/C25H33N5O4/c1-4-34-25(33)21-17(2)22(27-18(21)3)24(32)30-11-7-8-19(16-30)23(31)29-14-12-28(13-15-29)20-9-5-6-10-26-20/h5-6,9-10,19,27H,4,7-8,11-16H2,1-3H3. The average molecular weight is 468 g/mol. The van der Waals surface area contributed by atoms with E-state index in [9.17, 15) is 14.4 Å². The minimum absolute atomic E-state index is 0.116. The number of aryl methyl sites for hydroxylation is 1. The molecule has 2 aromatic heterocycles. The summed E-state index contributed by atoms with van der Waals surface area (Å²) in [6.45, 7) is 9.34. The first-order valence-corrected chi connectivity index (χ1v) is 12.0. The molecule has 2 fully saturated rings. The van der Waals surface area contributed by atoms with E-state index in [0.717, 1.165) is 31.7 Å². The third kappa shape index (κ3) is 4.78. The highest BCUT2D eigenvalue weighted by Crippen LogP contribution is 2.25. The van der Waals surface area contributed by atoms with Crippen LogP contribution in [-0.4, -0.2) is 83.4 Å². The molecule has 182 valence electrons. The van der Waals surface area contributed by atoms with Crippen molar-refractivity contribution in [3.63, 3.8) is 0 Å². The Balaban J connectivity index is 1.39. The molecule has 1 unspecified atom stereocenters. The first kappa shape index (κ1) is 23.8.